The van der Waals surface area contributed by atoms with Crippen LogP contribution in [-0.2, 0) is 19.5 Å². The second-order valence-corrected chi connectivity index (χ2v) is 7.70. The Morgan fingerprint density at radius 3 is 2.72 bits per heavy atom. The predicted molar refractivity (Wildman–Crippen MR) is 113 cm³/mol. The number of fused-ring (bicyclic) bond motifs is 2. The van der Waals surface area contributed by atoms with Crippen LogP contribution in [0, 0.1) is 13.8 Å². The third kappa shape index (κ3) is 3.15. The van der Waals surface area contributed by atoms with E-state index < -0.39 is 0 Å². The van der Waals surface area contributed by atoms with E-state index in [0.717, 1.165) is 47.7 Å². The Morgan fingerprint density at radius 2 is 1.90 bits per heavy atom. The van der Waals surface area contributed by atoms with Gasteiger partial charge >= 0.3 is 0 Å². The summed E-state index contributed by atoms with van der Waals surface area (Å²) in [6, 6.07) is 13.9. The topological polar surface area (TPSA) is 66.3 Å². The molecule has 6 heteroatoms. The molecular formula is C23H23N5O. The number of imidazole rings is 1. The van der Waals surface area contributed by atoms with Crippen LogP contribution >= 0.6 is 0 Å². The molecule has 0 radical (unpaired) electrons. The highest BCUT2D eigenvalue weighted by Gasteiger charge is 2.23. The molecule has 4 aromatic rings. The standard InChI is InChI=1S/C23H23N5O/c1-15-7-6-11-28-20(16(2)24-22(15)28)14-27-12-10-19-18(13-27)23(29)26-21(25-19)17-8-4-3-5-9-17/h3-9,11H,10,12-14H2,1-2H3,(H,25,26,29). The molecule has 1 aliphatic rings. The Labute approximate surface area is 168 Å². The molecule has 5 rings (SSSR count). The Balaban J connectivity index is 1.44. The molecule has 0 aliphatic carbocycles. The first-order valence-corrected chi connectivity index (χ1v) is 9.93. The number of nitrogens with one attached hydrogen (secondary N) is 1. The molecule has 0 atom stereocenters. The molecule has 1 aromatic carbocycles. The van der Waals surface area contributed by atoms with E-state index in [0.29, 0.717) is 12.4 Å². The van der Waals surface area contributed by atoms with Gasteiger partial charge in [-0.15, -0.1) is 0 Å². The van der Waals surface area contributed by atoms with Gasteiger partial charge in [-0.05, 0) is 25.5 Å². The molecule has 1 N–H and O–H groups in total. The van der Waals surface area contributed by atoms with Crippen LogP contribution in [0.1, 0.15) is 28.2 Å². The van der Waals surface area contributed by atoms with Crippen molar-refractivity contribution in [1.29, 1.82) is 0 Å². The summed E-state index contributed by atoms with van der Waals surface area (Å²) in [6.07, 6.45) is 2.84. The monoisotopic (exact) mass is 385 g/mol. The lowest BCUT2D eigenvalue weighted by Gasteiger charge is -2.27. The number of nitrogens with zero attached hydrogens (tertiary/aromatic N) is 4. The number of rotatable bonds is 3. The second-order valence-electron chi connectivity index (χ2n) is 7.70. The lowest BCUT2D eigenvalue weighted by molar-refractivity contribution is 0.238. The van der Waals surface area contributed by atoms with Crippen molar-refractivity contribution in [3.8, 4) is 11.4 Å². The van der Waals surface area contributed by atoms with Crippen LogP contribution in [0.4, 0.5) is 0 Å². The highest BCUT2D eigenvalue weighted by Crippen LogP contribution is 2.22. The predicted octanol–water partition coefficient (Wildman–Crippen LogP) is 3.26. The van der Waals surface area contributed by atoms with Crippen molar-refractivity contribution in [3.05, 3.63) is 87.2 Å². The van der Waals surface area contributed by atoms with Crippen LogP contribution in [0.5, 0.6) is 0 Å². The van der Waals surface area contributed by atoms with Crippen molar-refractivity contribution < 1.29 is 0 Å². The largest absolute Gasteiger partial charge is 0.306 e. The Morgan fingerprint density at radius 1 is 1.07 bits per heavy atom. The van der Waals surface area contributed by atoms with Gasteiger partial charge in [0, 0.05) is 37.8 Å². The maximum atomic E-state index is 12.8. The number of hydrogen-bond acceptors (Lipinski definition) is 4. The quantitative estimate of drug-likeness (QED) is 0.588. The van der Waals surface area contributed by atoms with E-state index in [4.69, 9.17) is 9.97 Å². The maximum Gasteiger partial charge on any atom is 0.255 e. The van der Waals surface area contributed by atoms with Gasteiger partial charge in [-0.3, -0.25) is 9.69 Å². The first-order valence-electron chi connectivity index (χ1n) is 9.93. The molecule has 0 fully saturated rings. The van der Waals surface area contributed by atoms with Gasteiger partial charge in [0.1, 0.15) is 11.5 Å². The van der Waals surface area contributed by atoms with E-state index in [1.807, 2.05) is 30.3 Å². The summed E-state index contributed by atoms with van der Waals surface area (Å²) in [6.45, 7) is 6.37. The van der Waals surface area contributed by atoms with Crippen molar-refractivity contribution in [2.45, 2.75) is 33.4 Å². The minimum absolute atomic E-state index is 0.0377. The number of aromatic nitrogens is 4. The Hall–Kier alpha value is -3.25. The molecule has 146 valence electrons. The van der Waals surface area contributed by atoms with E-state index in [2.05, 4.69) is 46.5 Å². The number of benzene rings is 1. The molecule has 1 aliphatic heterocycles. The fourth-order valence-electron chi connectivity index (χ4n) is 4.12. The van der Waals surface area contributed by atoms with Crippen molar-refractivity contribution in [2.75, 3.05) is 6.54 Å². The zero-order valence-electron chi connectivity index (χ0n) is 16.6. The summed E-state index contributed by atoms with van der Waals surface area (Å²) < 4.78 is 2.17. The molecule has 0 bridgehead atoms. The van der Waals surface area contributed by atoms with Gasteiger partial charge in [-0.25, -0.2) is 9.97 Å². The van der Waals surface area contributed by atoms with Crippen LogP contribution in [0.3, 0.4) is 0 Å². The maximum absolute atomic E-state index is 12.8. The summed E-state index contributed by atoms with van der Waals surface area (Å²) in [4.78, 5) is 27.6. The number of H-pyrrole nitrogens is 1. The van der Waals surface area contributed by atoms with Crippen LogP contribution in [-0.4, -0.2) is 30.8 Å². The van der Waals surface area contributed by atoms with Crippen molar-refractivity contribution in [1.82, 2.24) is 24.3 Å². The van der Waals surface area contributed by atoms with Crippen LogP contribution in [0.25, 0.3) is 17.0 Å². The summed E-state index contributed by atoms with van der Waals surface area (Å²) >= 11 is 0. The smallest absolute Gasteiger partial charge is 0.255 e. The van der Waals surface area contributed by atoms with Crippen molar-refractivity contribution >= 4 is 5.65 Å². The molecule has 3 aromatic heterocycles. The Bertz CT molecular complexity index is 1260. The van der Waals surface area contributed by atoms with Crippen molar-refractivity contribution in [2.24, 2.45) is 0 Å². The van der Waals surface area contributed by atoms with Crippen LogP contribution < -0.4 is 5.56 Å². The van der Waals surface area contributed by atoms with Gasteiger partial charge in [0.15, 0.2) is 0 Å². The molecule has 0 spiro atoms. The molecule has 6 nitrogen and oxygen atoms in total. The lowest BCUT2D eigenvalue weighted by atomic mass is 10.1. The van der Waals surface area contributed by atoms with Crippen molar-refractivity contribution in [3.63, 3.8) is 0 Å². The van der Waals surface area contributed by atoms with Gasteiger partial charge < -0.3 is 9.38 Å². The molecular weight excluding hydrogens is 362 g/mol. The third-order valence-corrected chi connectivity index (χ3v) is 5.71. The van der Waals surface area contributed by atoms with Gasteiger partial charge in [-0.2, -0.15) is 0 Å². The first kappa shape index (κ1) is 17.8. The summed E-state index contributed by atoms with van der Waals surface area (Å²) in [5.41, 5.74) is 6.97. The van der Waals surface area contributed by atoms with Gasteiger partial charge in [0.25, 0.3) is 5.56 Å². The average molecular weight is 385 g/mol. The molecule has 29 heavy (non-hydrogen) atoms. The number of hydrogen-bond donors (Lipinski definition) is 1. The molecule has 4 heterocycles. The van der Waals surface area contributed by atoms with Gasteiger partial charge in [-0.1, -0.05) is 36.4 Å². The van der Waals surface area contributed by atoms with E-state index in [1.54, 1.807) is 0 Å². The SMILES string of the molecule is Cc1nc2c(C)cccn2c1CN1CCc2nc(-c3ccccc3)[nH]c(=O)c2C1. The summed E-state index contributed by atoms with van der Waals surface area (Å²) in [5, 5.41) is 0. The van der Waals surface area contributed by atoms with Crippen LogP contribution in [0.2, 0.25) is 0 Å². The highest BCUT2D eigenvalue weighted by molar-refractivity contribution is 5.55. The minimum Gasteiger partial charge on any atom is -0.306 e. The summed E-state index contributed by atoms with van der Waals surface area (Å²) in [5.74, 6) is 0.649. The number of aromatic amines is 1. The zero-order valence-corrected chi connectivity index (χ0v) is 16.6. The normalized spacial score (nSPS) is 14.3. The lowest BCUT2D eigenvalue weighted by Crippen LogP contribution is -2.35. The third-order valence-electron chi connectivity index (χ3n) is 5.71. The molecule has 0 amide bonds. The highest BCUT2D eigenvalue weighted by atomic mass is 16.1. The minimum atomic E-state index is -0.0377. The average Bonchev–Trinajstić information content (AvgIpc) is 3.06. The summed E-state index contributed by atoms with van der Waals surface area (Å²) in [7, 11) is 0. The Kier molecular flexibility index (Phi) is 4.28. The van der Waals surface area contributed by atoms with E-state index >= 15 is 0 Å². The van der Waals surface area contributed by atoms with E-state index in [9.17, 15) is 4.79 Å². The second kappa shape index (κ2) is 6.97. The number of pyridine rings is 1. The number of aryl methyl sites for hydroxylation is 2. The van der Waals surface area contributed by atoms with Gasteiger partial charge in [0.2, 0.25) is 0 Å². The zero-order chi connectivity index (χ0) is 20.0. The van der Waals surface area contributed by atoms with Gasteiger partial charge in [0.05, 0.1) is 22.6 Å². The fourth-order valence-corrected chi connectivity index (χ4v) is 4.12. The van der Waals surface area contributed by atoms with Crippen LogP contribution in [0.15, 0.2) is 53.5 Å². The molecule has 0 unspecified atom stereocenters. The molecule has 0 saturated heterocycles. The first-order chi connectivity index (χ1) is 14.1. The molecule has 0 saturated carbocycles. The van der Waals surface area contributed by atoms with E-state index in [1.165, 1.54) is 11.3 Å². The fraction of sp³-hybridized carbons (Fsp3) is 0.261. The van der Waals surface area contributed by atoms with E-state index in [-0.39, 0.29) is 5.56 Å².